The van der Waals surface area contributed by atoms with Gasteiger partial charge < -0.3 is 5.32 Å². The summed E-state index contributed by atoms with van der Waals surface area (Å²) in [5.74, 6) is -0.278. The van der Waals surface area contributed by atoms with E-state index in [-0.39, 0.29) is 11.8 Å². The Labute approximate surface area is 153 Å². The van der Waals surface area contributed by atoms with Crippen LogP contribution in [0.3, 0.4) is 0 Å². The summed E-state index contributed by atoms with van der Waals surface area (Å²) in [6, 6.07) is 4.76. The summed E-state index contributed by atoms with van der Waals surface area (Å²) in [6.07, 6.45) is 4.21. The van der Waals surface area contributed by atoms with Gasteiger partial charge in [0.2, 0.25) is 5.91 Å². The lowest BCUT2D eigenvalue weighted by Gasteiger charge is -2.30. The lowest BCUT2D eigenvalue weighted by atomic mass is 9.86. The van der Waals surface area contributed by atoms with Gasteiger partial charge >= 0.3 is 0 Å². The fourth-order valence-corrected chi connectivity index (χ4v) is 4.59. The highest BCUT2D eigenvalue weighted by Gasteiger charge is 2.31. The predicted molar refractivity (Wildman–Crippen MR) is 98.1 cm³/mol. The zero-order valence-corrected chi connectivity index (χ0v) is 16.2. The van der Waals surface area contributed by atoms with Gasteiger partial charge in [0.15, 0.2) is 9.84 Å². The number of amides is 1. The molecule has 0 bridgehead atoms. The molecule has 1 saturated carbocycles. The third-order valence-electron chi connectivity index (χ3n) is 4.70. The molecule has 1 fully saturated rings. The van der Waals surface area contributed by atoms with Crippen molar-refractivity contribution in [1.29, 1.82) is 0 Å². The van der Waals surface area contributed by atoms with Crippen LogP contribution in [0.4, 0.5) is 0 Å². The molecule has 0 spiro atoms. The van der Waals surface area contributed by atoms with Crippen molar-refractivity contribution in [2.75, 3.05) is 0 Å². The fourth-order valence-electron chi connectivity index (χ4n) is 2.98. The van der Waals surface area contributed by atoms with Gasteiger partial charge in [0.05, 0.1) is 15.8 Å². The minimum absolute atomic E-state index is 0.0638. The van der Waals surface area contributed by atoms with E-state index in [0.29, 0.717) is 21.5 Å². The minimum Gasteiger partial charge on any atom is -0.352 e. The quantitative estimate of drug-likeness (QED) is 0.824. The van der Waals surface area contributed by atoms with Crippen molar-refractivity contribution in [3.63, 3.8) is 0 Å². The highest BCUT2D eigenvalue weighted by Crippen LogP contribution is 2.25. The van der Waals surface area contributed by atoms with Crippen LogP contribution in [0.2, 0.25) is 10.0 Å². The van der Waals surface area contributed by atoms with E-state index in [1.54, 1.807) is 12.1 Å². The van der Waals surface area contributed by atoms with Crippen LogP contribution in [-0.4, -0.2) is 25.6 Å². The van der Waals surface area contributed by atoms with Crippen molar-refractivity contribution in [2.45, 2.75) is 56.6 Å². The topological polar surface area (TPSA) is 63.2 Å². The maximum atomic E-state index is 12.5. The fraction of sp³-hybridized carbons (Fsp3) is 0.588. The smallest absolute Gasteiger partial charge is 0.238 e. The molecule has 0 aliphatic heterocycles. The van der Waals surface area contributed by atoms with Crippen LogP contribution >= 0.6 is 23.2 Å². The number of halogens is 2. The number of benzene rings is 1. The molecule has 7 heteroatoms. The van der Waals surface area contributed by atoms with Gasteiger partial charge in [-0.1, -0.05) is 49.0 Å². The van der Waals surface area contributed by atoms with E-state index in [1.165, 1.54) is 19.4 Å². The van der Waals surface area contributed by atoms with Crippen LogP contribution in [0.5, 0.6) is 0 Å². The van der Waals surface area contributed by atoms with Crippen molar-refractivity contribution in [1.82, 2.24) is 5.32 Å². The van der Waals surface area contributed by atoms with E-state index in [1.807, 2.05) is 0 Å². The van der Waals surface area contributed by atoms with Crippen molar-refractivity contribution in [3.05, 3.63) is 33.8 Å². The number of hydrogen-bond acceptors (Lipinski definition) is 3. The minimum atomic E-state index is -3.62. The highest BCUT2D eigenvalue weighted by molar-refractivity contribution is 7.92. The second-order valence-electron chi connectivity index (χ2n) is 6.57. The zero-order valence-electron chi connectivity index (χ0n) is 13.9. The van der Waals surface area contributed by atoms with Gasteiger partial charge in [0, 0.05) is 6.04 Å². The maximum Gasteiger partial charge on any atom is 0.238 e. The molecule has 4 nitrogen and oxygen atoms in total. The summed E-state index contributed by atoms with van der Waals surface area (Å²) in [7, 11) is -3.62. The van der Waals surface area contributed by atoms with Crippen molar-refractivity contribution < 1.29 is 13.2 Å². The molecular weight excluding hydrogens is 369 g/mol. The van der Waals surface area contributed by atoms with Crippen LogP contribution in [0.1, 0.15) is 45.1 Å². The highest BCUT2D eigenvalue weighted by atomic mass is 35.5. The van der Waals surface area contributed by atoms with E-state index in [4.69, 9.17) is 23.2 Å². The maximum absolute atomic E-state index is 12.5. The molecule has 0 aromatic heterocycles. The molecule has 2 rings (SSSR count). The van der Waals surface area contributed by atoms with Gasteiger partial charge in [0.25, 0.3) is 0 Å². The molecule has 24 heavy (non-hydrogen) atoms. The molecule has 0 unspecified atom stereocenters. The molecule has 0 saturated heterocycles. The first-order chi connectivity index (χ1) is 11.2. The van der Waals surface area contributed by atoms with Crippen LogP contribution in [0, 0.1) is 5.92 Å². The number of rotatable bonds is 5. The zero-order chi connectivity index (χ0) is 17.9. The predicted octanol–water partition coefficient (Wildman–Crippen LogP) is 3.99. The van der Waals surface area contributed by atoms with Gasteiger partial charge in [-0.05, 0) is 43.4 Å². The Hall–Kier alpha value is -0.780. The second kappa shape index (κ2) is 8.07. The first-order valence-electron chi connectivity index (χ1n) is 8.16. The van der Waals surface area contributed by atoms with Crippen molar-refractivity contribution in [2.24, 2.45) is 5.92 Å². The van der Waals surface area contributed by atoms with Crippen LogP contribution in [0.25, 0.3) is 0 Å². The first-order valence-corrected chi connectivity index (χ1v) is 10.6. The first kappa shape index (κ1) is 19.5. The van der Waals surface area contributed by atoms with E-state index in [0.717, 1.165) is 19.3 Å². The molecule has 1 amide bonds. The van der Waals surface area contributed by atoms with Gasteiger partial charge in [-0.25, -0.2) is 8.42 Å². The Morgan fingerprint density at radius 3 is 2.54 bits per heavy atom. The lowest BCUT2D eigenvalue weighted by molar-refractivity contribution is -0.121. The van der Waals surface area contributed by atoms with Gasteiger partial charge in [-0.2, -0.15) is 0 Å². The SMILES string of the molecule is C[C@@H]1CCCC[C@H]1NC(=O)[C@@H](C)S(=O)(=O)Cc1ccc(Cl)c(Cl)c1. The lowest BCUT2D eigenvalue weighted by Crippen LogP contribution is -2.47. The van der Waals surface area contributed by atoms with Crippen molar-refractivity contribution >= 4 is 38.9 Å². The number of hydrogen-bond donors (Lipinski definition) is 1. The third-order valence-corrected chi connectivity index (χ3v) is 7.47. The second-order valence-corrected chi connectivity index (χ2v) is 9.71. The normalized spacial score (nSPS) is 22.8. The van der Waals surface area contributed by atoms with E-state index < -0.39 is 21.0 Å². The van der Waals surface area contributed by atoms with Gasteiger partial charge in [0.1, 0.15) is 5.25 Å². The standard InChI is InChI=1S/C17H23Cl2NO3S/c1-11-5-3-4-6-16(11)20-17(21)12(2)24(22,23)10-13-7-8-14(18)15(19)9-13/h7-9,11-12,16H,3-6,10H2,1-2H3,(H,20,21)/t11-,12-,16-/m1/s1. The summed E-state index contributed by atoms with van der Waals surface area (Å²) < 4.78 is 25.0. The van der Waals surface area contributed by atoms with E-state index >= 15 is 0 Å². The molecule has 0 radical (unpaired) electrons. The summed E-state index contributed by atoms with van der Waals surface area (Å²) in [5.41, 5.74) is 0.523. The Morgan fingerprint density at radius 2 is 1.92 bits per heavy atom. The van der Waals surface area contributed by atoms with Crippen LogP contribution < -0.4 is 5.32 Å². The average Bonchev–Trinajstić information content (AvgIpc) is 2.52. The largest absolute Gasteiger partial charge is 0.352 e. The molecule has 3 atom stereocenters. The Morgan fingerprint density at radius 1 is 1.25 bits per heavy atom. The molecule has 1 aliphatic carbocycles. The number of carbonyl (C=O) groups excluding carboxylic acids is 1. The number of carbonyl (C=O) groups is 1. The average molecular weight is 392 g/mol. The van der Waals surface area contributed by atoms with Crippen molar-refractivity contribution in [3.8, 4) is 0 Å². The summed E-state index contributed by atoms with van der Waals surface area (Å²) in [4.78, 5) is 12.4. The Balaban J connectivity index is 2.04. The van der Waals surface area contributed by atoms with E-state index in [2.05, 4.69) is 12.2 Å². The molecular formula is C17H23Cl2NO3S. The molecule has 0 heterocycles. The third kappa shape index (κ3) is 4.87. The summed E-state index contributed by atoms with van der Waals surface area (Å²) >= 11 is 11.8. The Bertz CT molecular complexity index is 706. The molecule has 1 aromatic carbocycles. The number of nitrogens with one attached hydrogen (secondary N) is 1. The molecule has 1 aliphatic rings. The molecule has 134 valence electrons. The molecule has 1 aromatic rings. The van der Waals surface area contributed by atoms with Gasteiger partial charge in [-0.3, -0.25) is 4.79 Å². The Kier molecular flexibility index (Phi) is 6.57. The van der Waals surface area contributed by atoms with Crippen LogP contribution in [0.15, 0.2) is 18.2 Å². The summed E-state index contributed by atoms with van der Waals surface area (Å²) in [5, 5.41) is 2.49. The summed E-state index contributed by atoms with van der Waals surface area (Å²) in [6.45, 7) is 3.54. The van der Waals surface area contributed by atoms with Crippen LogP contribution in [-0.2, 0) is 20.4 Å². The monoisotopic (exact) mass is 391 g/mol. The molecule has 1 N–H and O–H groups in total. The van der Waals surface area contributed by atoms with E-state index in [9.17, 15) is 13.2 Å². The van der Waals surface area contributed by atoms with Gasteiger partial charge in [-0.15, -0.1) is 0 Å². The number of sulfone groups is 1.